The molecular formula is C13H11NO2S2. The molecule has 1 aromatic carbocycles. The zero-order chi connectivity index (χ0) is 13.0. The standard InChI is InChI=1S/C13H11NO2S2/c1-16-10-7-5-9(6-8-10)3-2-4-11-12(15)14-13(17)18-11/h2-8H,1H3,(H,14,15,17)/b3-2+,11-4-. The molecule has 0 aromatic heterocycles. The molecule has 0 aliphatic carbocycles. The van der Waals surface area contributed by atoms with Crippen LogP contribution in [0.5, 0.6) is 5.75 Å². The normalized spacial score (nSPS) is 17.5. The lowest BCUT2D eigenvalue weighted by Crippen LogP contribution is -2.17. The van der Waals surface area contributed by atoms with Crippen molar-refractivity contribution in [2.24, 2.45) is 0 Å². The highest BCUT2D eigenvalue weighted by molar-refractivity contribution is 8.26. The first-order valence-electron chi connectivity index (χ1n) is 5.24. The van der Waals surface area contributed by atoms with Crippen LogP contribution in [0, 0.1) is 0 Å². The molecule has 1 aliphatic heterocycles. The number of carbonyl (C=O) groups is 1. The average molecular weight is 277 g/mol. The summed E-state index contributed by atoms with van der Waals surface area (Å²) in [4.78, 5) is 12.0. The van der Waals surface area contributed by atoms with E-state index in [9.17, 15) is 4.79 Å². The summed E-state index contributed by atoms with van der Waals surface area (Å²) in [6, 6.07) is 7.67. The van der Waals surface area contributed by atoms with Crippen LogP contribution in [0.2, 0.25) is 0 Å². The minimum absolute atomic E-state index is 0.135. The van der Waals surface area contributed by atoms with Gasteiger partial charge in [-0.2, -0.15) is 0 Å². The van der Waals surface area contributed by atoms with Crippen LogP contribution in [0.1, 0.15) is 5.56 Å². The molecule has 3 nitrogen and oxygen atoms in total. The van der Waals surface area contributed by atoms with Gasteiger partial charge in [-0.1, -0.05) is 48.3 Å². The zero-order valence-corrected chi connectivity index (χ0v) is 11.3. The van der Waals surface area contributed by atoms with Crippen molar-refractivity contribution in [1.82, 2.24) is 5.32 Å². The number of rotatable bonds is 3. The van der Waals surface area contributed by atoms with E-state index in [2.05, 4.69) is 5.32 Å². The summed E-state index contributed by atoms with van der Waals surface area (Å²) in [5, 5.41) is 2.57. The quantitative estimate of drug-likeness (QED) is 0.681. The van der Waals surface area contributed by atoms with Crippen molar-refractivity contribution in [2.45, 2.75) is 0 Å². The van der Waals surface area contributed by atoms with E-state index in [0.29, 0.717) is 9.23 Å². The monoisotopic (exact) mass is 277 g/mol. The topological polar surface area (TPSA) is 38.3 Å². The van der Waals surface area contributed by atoms with E-state index in [-0.39, 0.29) is 5.91 Å². The number of hydrogen-bond acceptors (Lipinski definition) is 4. The number of thiocarbonyl (C=S) groups is 1. The Kier molecular flexibility index (Phi) is 4.17. The molecule has 1 saturated heterocycles. The van der Waals surface area contributed by atoms with Gasteiger partial charge in [0.05, 0.1) is 12.0 Å². The van der Waals surface area contributed by atoms with Gasteiger partial charge in [0.15, 0.2) is 0 Å². The summed E-state index contributed by atoms with van der Waals surface area (Å²) in [5.41, 5.74) is 1.04. The van der Waals surface area contributed by atoms with E-state index in [1.54, 1.807) is 13.2 Å². The van der Waals surface area contributed by atoms with Gasteiger partial charge in [0.2, 0.25) is 0 Å². The summed E-state index contributed by atoms with van der Waals surface area (Å²) in [5.74, 6) is 0.686. The van der Waals surface area contributed by atoms with Gasteiger partial charge in [-0.3, -0.25) is 4.79 Å². The van der Waals surface area contributed by atoms with E-state index in [4.69, 9.17) is 17.0 Å². The molecular weight excluding hydrogens is 266 g/mol. The zero-order valence-electron chi connectivity index (χ0n) is 9.67. The summed E-state index contributed by atoms with van der Waals surface area (Å²) < 4.78 is 5.58. The number of methoxy groups -OCH3 is 1. The van der Waals surface area contributed by atoms with Crippen LogP contribution in [0.25, 0.3) is 6.08 Å². The second kappa shape index (κ2) is 5.84. The van der Waals surface area contributed by atoms with Crippen LogP contribution in [0.3, 0.4) is 0 Å². The van der Waals surface area contributed by atoms with E-state index in [1.807, 2.05) is 36.4 Å². The third-order valence-electron chi connectivity index (χ3n) is 2.29. The van der Waals surface area contributed by atoms with Crippen molar-refractivity contribution in [3.63, 3.8) is 0 Å². The molecule has 1 heterocycles. The van der Waals surface area contributed by atoms with Gasteiger partial charge in [-0.05, 0) is 23.8 Å². The molecule has 0 saturated carbocycles. The fourth-order valence-electron chi connectivity index (χ4n) is 1.40. The lowest BCUT2D eigenvalue weighted by Gasteiger charge is -1.98. The maximum absolute atomic E-state index is 11.4. The molecule has 1 aliphatic rings. The predicted molar refractivity (Wildman–Crippen MR) is 78.4 cm³/mol. The van der Waals surface area contributed by atoms with Crippen LogP contribution >= 0.6 is 24.0 Å². The fraction of sp³-hybridized carbons (Fsp3) is 0.0769. The molecule has 1 fully saturated rings. The third-order valence-corrected chi connectivity index (χ3v) is 3.48. The summed E-state index contributed by atoms with van der Waals surface area (Å²) >= 11 is 6.17. The van der Waals surface area contributed by atoms with Gasteiger partial charge in [-0.15, -0.1) is 0 Å². The van der Waals surface area contributed by atoms with Crippen LogP contribution in [-0.2, 0) is 4.79 Å². The maximum Gasteiger partial charge on any atom is 0.263 e. The number of allylic oxidation sites excluding steroid dienone is 2. The molecule has 2 rings (SSSR count). The molecule has 0 unspecified atom stereocenters. The van der Waals surface area contributed by atoms with Gasteiger partial charge in [0.25, 0.3) is 5.91 Å². The summed E-state index contributed by atoms with van der Waals surface area (Å²) in [6.07, 6.45) is 5.50. The average Bonchev–Trinajstić information content (AvgIpc) is 2.69. The van der Waals surface area contributed by atoms with Crippen molar-refractivity contribution >= 4 is 40.3 Å². The maximum atomic E-state index is 11.4. The third kappa shape index (κ3) is 3.21. The number of amides is 1. The molecule has 1 aromatic rings. The molecule has 0 radical (unpaired) electrons. The number of benzene rings is 1. The Balaban J connectivity index is 2.04. The Hall–Kier alpha value is -1.59. The number of nitrogens with one attached hydrogen (secondary N) is 1. The van der Waals surface area contributed by atoms with Crippen molar-refractivity contribution in [3.05, 3.63) is 46.9 Å². The molecule has 0 spiro atoms. The predicted octanol–water partition coefficient (Wildman–Crippen LogP) is 2.74. The summed E-state index contributed by atoms with van der Waals surface area (Å²) in [6.45, 7) is 0. The number of ether oxygens (including phenoxy) is 1. The van der Waals surface area contributed by atoms with Crippen LogP contribution in [0.4, 0.5) is 0 Å². The fourth-order valence-corrected chi connectivity index (χ4v) is 2.39. The largest absolute Gasteiger partial charge is 0.497 e. The molecule has 0 atom stereocenters. The van der Waals surface area contributed by atoms with Gasteiger partial charge in [-0.25, -0.2) is 0 Å². The Labute approximate surface area is 115 Å². The van der Waals surface area contributed by atoms with Crippen molar-refractivity contribution in [3.8, 4) is 5.75 Å². The minimum atomic E-state index is -0.135. The Morgan fingerprint density at radius 2 is 2.06 bits per heavy atom. The van der Waals surface area contributed by atoms with Gasteiger partial charge >= 0.3 is 0 Å². The number of thioether (sulfide) groups is 1. The number of hydrogen-bond donors (Lipinski definition) is 1. The van der Waals surface area contributed by atoms with Crippen molar-refractivity contribution in [2.75, 3.05) is 7.11 Å². The van der Waals surface area contributed by atoms with Crippen molar-refractivity contribution in [1.29, 1.82) is 0 Å². The second-order valence-electron chi connectivity index (χ2n) is 3.51. The van der Waals surface area contributed by atoms with Gasteiger partial charge < -0.3 is 10.1 Å². The van der Waals surface area contributed by atoms with Gasteiger partial charge in [0, 0.05) is 0 Å². The first-order chi connectivity index (χ1) is 8.69. The molecule has 0 bridgehead atoms. The van der Waals surface area contributed by atoms with Crippen LogP contribution < -0.4 is 10.1 Å². The van der Waals surface area contributed by atoms with Crippen molar-refractivity contribution < 1.29 is 9.53 Å². The van der Waals surface area contributed by atoms with E-state index in [0.717, 1.165) is 11.3 Å². The Morgan fingerprint density at radius 3 is 2.61 bits per heavy atom. The lowest BCUT2D eigenvalue weighted by atomic mass is 10.2. The Morgan fingerprint density at radius 1 is 1.33 bits per heavy atom. The first-order valence-corrected chi connectivity index (χ1v) is 6.47. The van der Waals surface area contributed by atoms with E-state index < -0.39 is 0 Å². The Bertz CT molecular complexity index is 532. The van der Waals surface area contributed by atoms with E-state index >= 15 is 0 Å². The second-order valence-corrected chi connectivity index (χ2v) is 5.23. The highest BCUT2D eigenvalue weighted by Crippen LogP contribution is 2.23. The molecule has 1 N–H and O–H groups in total. The smallest absolute Gasteiger partial charge is 0.263 e. The SMILES string of the molecule is COc1ccc(/C=C/C=C2\SC(=S)NC2=O)cc1. The first kappa shape index (κ1) is 12.9. The highest BCUT2D eigenvalue weighted by atomic mass is 32.2. The van der Waals surface area contributed by atoms with Gasteiger partial charge in [0.1, 0.15) is 10.1 Å². The van der Waals surface area contributed by atoms with Crippen LogP contribution in [-0.4, -0.2) is 17.3 Å². The molecule has 5 heteroatoms. The van der Waals surface area contributed by atoms with Crippen LogP contribution in [0.15, 0.2) is 41.3 Å². The lowest BCUT2D eigenvalue weighted by molar-refractivity contribution is -0.115. The summed E-state index contributed by atoms with van der Waals surface area (Å²) in [7, 11) is 1.63. The van der Waals surface area contributed by atoms with E-state index in [1.165, 1.54) is 11.8 Å². The minimum Gasteiger partial charge on any atom is -0.497 e. The molecule has 18 heavy (non-hydrogen) atoms. The molecule has 92 valence electrons. The number of carbonyl (C=O) groups excluding carboxylic acids is 1. The highest BCUT2D eigenvalue weighted by Gasteiger charge is 2.20. The molecule has 1 amide bonds.